The number of rotatable bonds is 3. The van der Waals surface area contributed by atoms with Gasteiger partial charge in [0, 0.05) is 26.6 Å². The summed E-state index contributed by atoms with van der Waals surface area (Å²) in [7, 11) is 1.67. The van der Waals surface area contributed by atoms with Crippen molar-refractivity contribution in [1.29, 1.82) is 0 Å². The Labute approximate surface area is 230 Å². The minimum absolute atomic E-state index is 0.0175. The fourth-order valence-electron chi connectivity index (χ4n) is 5.56. The Morgan fingerprint density at radius 2 is 1.67 bits per heavy atom. The molecule has 2 aromatic carbocycles. The van der Waals surface area contributed by atoms with Gasteiger partial charge in [0.05, 0.1) is 6.04 Å². The van der Waals surface area contributed by atoms with Gasteiger partial charge in [0.2, 0.25) is 17.7 Å². The van der Waals surface area contributed by atoms with Crippen LogP contribution in [0.2, 0.25) is 0 Å². The molecule has 1 unspecified atom stereocenters. The van der Waals surface area contributed by atoms with Crippen LogP contribution in [0.25, 0.3) is 0 Å². The maximum absolute atomic E-state index is 13.6. The zero-order valence-electron chi connectivity index (χ0n) is 22.9. The minimum atomic E-state index is -0.740. The molecule has 0 spiro atoms. The second-order valence-electron chi connectivity index (χ2n) is 11.2. The number of nitrogens with one attached hydrogen (secondary N) is 3. The highest BCUT2D eigenvalue weighted by Crippen LogP contribution is 2.35. The van der Waals surface area contributed by atoms with Crippen LogP contribution in [0.1, 0.15) is 49.3 Å². The van der Waals surface area contributed by atoms with Gasteiger partial charge in [-0.1, -0.05) is 48.5 Å². The molecule has 2 aromatic rings. The van der Waals surface area contributed by atoms with Crippen LogP contribution in [0.15, 0.2) is 48.5 Å². The van der Waals surface area contributed by atoms with Gasteiger partial charge in [0.25, 0.3) is 0 Å². The predicted molar refractivity (Wildman–Crippen MR) is 149 cm³/mol. The molecule has 39 heavy (non-hydrogen) atoms. The molecule has 3 N–H and O–H groups in total. The molecule has 2 heterocycles. The fourth-order valence-corrected chi connectivity index (χ4v) is 5.56. The highest BCUT2D eigenvalue weighted by Gasteiger charge is 2.40. The van der Waals surface area contributed by atoms with Crippen molar-refractivity contribution < 1.29 is 19.1 Å². The van der Waals surface area contributed by atoms with Crippen molar-refractivity contribution in [3.05, 3.63) is 65.2 Å². The van der Waals surface area contributed by atoms with Gasteiger partial charge in [-0.3, -0.25) is 14.4 Å². The Morgan fingerprint density at radius 1 is 0.923 bits per heavy atom. The number of carbonyl (C=O) groups excluding carboxylic acids is 3. The van der Waals surface area contributed by atoms with Crippen LogP contribution in [-0.2, 0) is 33.6 Å². The molecular weight excluding hydrogens is 492 g/mol. The van der Waals surface area contributed by atoms with E-state index in [0.29, 0.717) is 19.5 Å². The molecule has 0 aromatic heterocycles. The number of nitrogens with zero attached hydrogens (tertiary/aromatic N) is 1. The van der Waals surface area contributed by atoms with E-state index in [-0.39, 0.29) is 35.8 Å². The van der Waals surface area contributed by atoms with Gasteiger partial charge in [0.1, 0.15) is 23.9 Å². The lowest BCUT2D eigenvalue weighted by atomic mass is 9.96. The Morgan fingerprint density at radius 3 is 2.41 bits per heavy atom. The first-order valence-electron chi connectivity index (χ1n) is 14.3. The van der Waals surface area contributed by atoms with Crippen LogP contribution in [0.3, 0.4) is 0 Å². The van der Waals surface area contributed by atoms with E-state index >= 15 is 0 Å². The second kappa shape index (κ2) is 12.2. The highest BCUT2D eigenvalue weighted by molar-refractivity contribution is 5.93. The summed E-state index contributed by atoms with van der Waals surface area (Å²) in [5.41, 5.74) is 3.32. The van der Waals surface area contributed by atoms with Gasteiger partial charge in [0.15, 0.2) is 0 Å². The second-order valence-corrected chi connectivity index (χ2v) is 11.2. The maximum atomic E-state index is 13.6. The van der Waals surface area contributed by atoms with E-state index in [1.807, 2.05) is 30.3 Å². The lowest BCUT2D eigenvalue weighted by molar-refractivity contribution is -0.141. The summed E-state index contributed by atoms with van der Waals surface area (Å²) in [5.74, 6) is 0.566. The standard InChI is InChI=1S/C31H40N4O4/c1-20-29(36)34-26(18-21-8-4-3-5-9-21)30(37)32-17-7-12-23-10-6-11-24-15-16-25(39-28(23)24)19-33-27(22-13-14-22)31(38)35(20)2/h3-6,8-11,20,22,25-27,33H,7,12-19H2,1-2H3,(H,32,37)(H,34,36)/t20-,25?,26-,27+/m1/s1. The van der Waals surface area contributed by atoms with E-state index < -0.39 is 12.1 Å². The van der Waals surface area contributed by atoms with E-state index in [9.17, 15) is 14.4 Å². The van der Waals surface area contributed by atoms with Crippen LogP contribution in [0.4, 0.5) is 0 Å². The molecule has 4 atom stereocenters. The van der Waals surface area contributed by atoms with Gasteiger partial charge in [-0.05, 0) is 68.1 Å². The molecule has 2 bridgehead atoms. The largest absolute Gasteiger partial charge is 0.489 e. The molecule has 5 rings (SSSR count). The number of amides is 3. The van der Waals surface area contributed by atoms with Crippen LogP contribution in [0.5, 0.6) is 5.75 Å². The Bertz CT molecular complexity index is 1180. The Kier molecular flexibility index (Phi) is 8.50. The summed E-state index contributed by atoms with van der Waals surface area (Å²) in [5, 5.41) is 9.46. The third kappa shape index (κ3) is 6.61. The van der Waals surface area contributed by atoms with E-state index in [4.69, 9.17) is 4.74 Å². The molecule has 1 saturated carbocycles. The molecule has 3 aliphatic rings. The number of carbonyl (C=O) groups is 3. The lowest BCUT2D eigenvalue weighted by Gasteiger charge is -2.32. The summed E-state index contributed by atoms with van der Waals surface area (Å²) < 4.78 is 6.47. The van der Waals surface area contributed by atoms with Crippen molar-refractivity contribution in [2.24, 2.45) is 5.92 Å². The third-order valence-corrected chi connectivity index (χ3v) is 8.27. The lowest BCUT2D eigenvalue weighted by Crippen LogP contribution is -2.57. The smallest absolute Gasteiger partial charge is 0.243 e. The topological polar surface area (TPSA) is 99.8 Å². The summed E-state index contributed by atoms with van der Waals surface area (Å²) in [6, 6.07) is 14.1. The summed E-state index contributed by atoms with van der Waals surface area (Å²) in [4.78, 5) is 41.7. The van der Waals surface area contributed by atoms with E-state index in [1.54, 1.807) is 14.0 Å². The van der Waals surface area contributed by atoms with Crippen molar-refractivity contribution in [2.75, 3.05) is 20.1 Å². The number of hydrogen-bond donors (Lipinski definition) is 3. The molecule has 8 heteroatoms. The number of aryl methyl sites for hydroxylation is 2. The van der Waals surface area contributed by atoms with E-state index in [2.05, 4.69) is 34.1 Å². The van der Waals surface area contributed by atoms with Gasteiger partial charge in [-0.25, -0.2) is 0 Å². The molecule has 1 aliphatic carbocycles. The number of likely N-dealkylation sites (N-methyl/N-ethyl adjacent to an activating group) is 1. The van der Waals surface area contributed by atoms with Crippen molar-refractivity contribution >= 4 is 17.7 Å². The van der Waals surface area contributed by atoms with Gasteiger partial charge >= 0.3 is 0 Å². The molecule has 2 aliphatic heterocycles. The SMILES string of the molecule is C[C@@H]1C(=O)N[C@H](Cc2ccccc2)C(=O)NCCCc2cccc3c2OC(CC3)CN[C@@H](C2CC2)C(=O)N1C. The van der Waals surface area contributed by atoms with E-state index in [0.717, 1.165) is 55.4 Å². The average Bonchev–Trinajstić information content (AvgIpc) is 3.79. The first-order chi connectivity index (χ1) is 18.9. The minimum Gasteiger partial charge on any atom is -0.489 e. The third-order valence-electron chi connectivity index (χ3n) is 8.27. The highest BCUT2D eigenvalue weighted by atomic mass is 16.5. The first-order valence-corrected chi connectivity index (χ1v) is 14.3. The molecular formula is C31H40N4O4. The Balaban J connectivity index is 1.39. The molecule has 0 saturated heterocycles. The number of ether oxygens (including phenoxy) is 1. The first kappa shape index (κ1) is 27.2. The number of para-hydroxylation sites is 1. The molecule has 8 nitrogen and oxygen atoms in total. The summed E-state index contributed by atoms with van der Waals surface area (Å²) in [6.07, 6.45) is 5.72. The molecule has 1 fully saturated rings. The normalized spacial score (nSPS) is 27.0. The van der Waals surface area contributed by atoms with Gasteiger partial charge in [-0.2, -0.15) is 0 Å². The quantitative estimate of drug-likeness (QED) is 0.564. The maximum Gasteiger partial charge on any atom is 0.243 e. The van der Waals surface area contributed by atoms with Gasteiger partial charge < -0.3 is 25.6 Å². The van der Waals surface area contributed by atoms with Crippen molar-refractivity contribution in [3.8, 4) is 5.75 Å². The zero-order valence-corrected chi connectivity index (χ0v) is 22.9. The summed E-state index contributed by atoms with van der Waals surface area (Å²) >= 11 is 0. The fraction of sp³-hybridized carbons (Fsp3) is 0.516. The number of hydrogen-bond acceptors (Lipinski definition) is 5. The van der Waals surface area contributed by atoms with Crippen LogP contribution < -0.4 is 20.7 Å². The monoisotopic (exact) mass is 532 g/mol. The average molecular weight is 533 g/mol. The van der Waals surface area contributed by atoms with Crippen LogP contribution >= 0.6 is 0 Å². The van der Waals surface area contributed by atoms with Crippen molar-refractivity contribution in [1.82, 2.24) is 20.9 Å². The number of fused-ring (bicyclic) bond motifs is 1. The van der Waals surface area contributed by atoms with Crippen molar-refractivity contribution in [3.63, 3.8) is 0 Å². The van der Waals surface area contributed by atoms with E-state index in [1.165, 1.54) is 10.5 Å². The Hall–Kier alpha value is -3.39. The van der Waals surface area contributed by atoms with Crippen LogP contribution in [0, 0.1) is 5.92 Å². The molecule has 0 radical (unpaired) electrons. The van der Waals surface area contributed by atoms with Crippen molar-refractivity contribution in [2.45, 2.75) is 76.1 Å². The van der Waals surface area contributed by atoms with Gasteiger partial charge in [-0.15, -0.1) is 0 Å². The molecule has 208 valence electrons. The molecule has 3 amide bonds. The zero-order chi connectivity index (χ0) is 27.4. The van der Waals surface area contributed by atoms with Crippen LogP contribution in [-0.4, -0.2) is 67.0 Å². The predicted octanol–water partition coefficient (Wildman–Crippen LogP) is 2.39. The number of benzene rings is 2. The summed E-state index contributed by atoms with van der Waals surface area (Å²) in [6.45, 7) is 2.80.